The van der Waals surface area contributed by atoms with Gasteiger partial charge in [0.25, 0.3) is 0 Å². The average molecular weight is 246 g/mol. The Labute approximate surface area is 106 Å². The zero-order valence-corrected chi connectivity index (χ0v) is 10.6. The normalized spacial score (nSPS) is 23.6. The van der Waals surface area contributed by atoms with Crippen molar-refractivity contribution in [2.45, 2.75) is 25.9 Å². The summed E-state index contributed by atoms with van der Waals surface area (Å²) >= 11 is 0. The molecular weight excluding hydrogens is 228 g/mol. The van der Waals surface area contributed by atoms with Crippen molar-refractivity contribution in [3.05, 3.63) is 24.6 Å². The second-order valence-electron chi connectivity index (χ2n) is 4.74. The van der Waals surface area contributed by atoms with E-state index in [1.165, 1.54) is 0 Å². The zero-order valence-electron chi connectivity index (χ0n) is 10.6. The van der Waals surface area contributed by atoms with E-state index in [4.69, 9.17) is 9.15 Å². The molecule has 4 heteroatoms. The summed E-state index contributed by atoms with van der Waals surface area (Å²) in [7, 11) is 0. The first-order valence-corrected chi connectivity index (χ1v) is 6.56. The Morgan fingerprint density at radius 1 is 1.44 bits per heavy atom. The Morgan fingerprint density at radius 3 is 3.28 bits per heavy atom. The minimum atomic E-state index is 0.390. The van der Waals surface area contributed by atoms with Crippen LogP contribution in [0.15, 0.2) is 29.0 Å². The molecule has 4 nitrogen and oxygen atoms in total. The molecule has 0 aliphatic carbocycles. The Balaban J connectivity index is 1.71. The molecule has 0 amide bonds. The van der Waals surface area contributed by atoms with Crippen LogP contribution < -0.4 is 5.32 Å². The molecule has 18 heavy (non-hydrogen) atoms. The summed E-state index contributed by atoms with van der Waals surface area (Å²) in [6.45, 7) is 3.97. The summed E-state index contributed by atoms with van der Waals surface area (Å²) in [6.07, 6.45) is 6.07. The molecule has 0 aromatic carbocycles. The molecule has 2 unspecified atom stereocenters. The van der Waals surface area contributed by atoms with Crippen molar-refractivity contribution in [2.75, 3.05) is 18.5 Å². The molecule has 96 valence electrons. The maximum absolute atomic E-state index is 5.70. The van der Waals surface area contributed by atoms with Crippen LogP contribution in [0.3, 0.4) is 0 Å². The van der Waals surface area contributed by atoms with Gasteiger partial charge < -0.3 is 14.5 Å². The van der Waals surface area contributed by atoms with Gasteiger partial charge in [-0.2, -0.15) is 0 Å². The molecule has 2 atom stereocenters. The van der Waals surface area contributed by atoms with Crippen LogP contribution in [0.25, 0.3) is 11.0 Å². The van der Waals surface area contributed by atoms with Crippen LogP contribution in [0.4, 0.5) is 5.82 Å². The highest BCUT2D eigenvalue weighted by molar-refractivity contribution is 5.87. The van der Waals surface area contributed by atoms with Crippen LogP contribution in [0.1, 0.15) is 19.8 Å². The Bertz CT molecular complexity index is 523. The van der Waals surface area contributed by atoms with Gasteiger partial charge in [0.1, 0.15) is 11.4 Å². The number of rotatable bonds is 4. The lowest BCUT2D eigenvalue weighted by Crippen LogP contribution is -2.23. The monoisotopic (exact) mass is 246 g/mol. The SMILES string of the molecule is CCC1OCCC1CNc1nccc2occc12. The summed E-state index contributed by atoms with van der Waals surface area (Å²) < 4.78 is 11.1. The van der Waals surface area contributed by atoms with E-state index in [2.05, 4.69) is 17.2 Å². The van der Waals surface area contributed by atoms with E-state index < -0.39 is 0 Å². The van der Waals surface area contributed by atoms with Crippen LogP contribution in [0.5, 0.6) is 0 Å². The number of fused-ring (bicyclic) bond motifs is 1. The molecule has 1 saturated heterocycles. The molecule has 3 rings (SSSR count). The van der Waals surface area contributed by atoms with Gasteiger partial charge in [-0.05, 0) is 25.0 Å². The maximum atomic E-state index is 5.70. The smallest absolute Gasteiger partial charge is 0.139 e. The number of ether oxygens (including phenoxy) is 1. The van der Waals surface area contributed by atoms with Crippen LogP contribution >= 0.6 is 0 Å². The lowest BCUT2D eigenvalue weighted by Gasteiger charge is -2.17. The lowest BCUT2D eigenvalue weighted by atomic mass is 10.00. The van der Waals surface area contributed by atoms with E-state index in [0.717, 1.165) is 42.8 Å². The van der Waals surface area contributed by atoms with Gasteiger partial charge in [-0.1, -0.05) is 6.92 Å². The topological polar surface area (TPSA) is 47.3 Å². The van der Waals surface area contributed by atoms with E-state index in [-0.39, 0.29) is 0 Å². The molecule has 0 radical (unpaired) electrons. The van der Waals surface area contributed by atoms with Gasteiger partial charge in [0.05, 0.1) is 17.8 Å². The third kappa shape index (κ3) is 2.08. The molecule has 3 heterocycles. The first-order valence-electron chi connectivity index (χ1n) is 6.56. The maximum Gasteiger partial charge on any atom is 0.139 e. The fourth-order valence-electron chi connectivity index (χ4n) is 2.64. The van der Waals surface area contributed by atoms with E-state index in [9.17, 15) is 0 Å². The minimum Gasteiger partial charge on any atom is -0.464 e. The molecule has 0 spiro atoms. The molecule has 0 saturated carbocycles. The first-order chi connectivity index (χ1) is 8.88. The van der Waals surface area contributed by atoms with Crippen LogP contribution in [-0.2, 0) is 4.74 Å². The fraction of sp³-hybridized carbons (Fsp3) is 0.500. The number of anilines is 1. The second-order valence-corrected chi connectivity index (χ2v) is 4.74. The van der Waals surface area contributed by atoms with Crippen molar-refractivity contribution in [3.63, 3.8) is 0 Å². The Kier molecular flexibility index (Phi) is 3.19. The number of pyridine rings is 1. The standard InChI is InChI=1S/C14H18N2O2/c1-2-12-10(4-7-17-12)9-16-14-11-5-8-18-13(11)3-6-15-14/h3,5-6,8,10,12H,2,4,7,9H2,1H3,(H,15,16). The largest absolute Gasteiger partial charge is 0.464 e. The third-order valence-corrected chi connectivity index (χ3v) is 3.66. The molecule has 1 fully saturated rings. The van der Waals surface area contributed by atoms with E-state index in [0.29, 0.717) is 12.0 Å². The van der Waals surface area contributed by atoms with E-state index in [1.54, 1.807) is 12.5 Å². The number of nitrogens with zero attached hydrogens (tertiary/aromatic N) is 1. The predicted octanol–water partition coefficient (Wildman–Crippen LogP) is 3.05. The van der Waals surface area contributed by atoms with Gasteiger partial charge in [-0.3, -0.25) is 0 Å². The van der Waals surface area contributed by atoms with E-state index in [1.807, 2.05) is 12.1 Å². The third-order valence-electron chi connectivity index (χ3n) is 3.66. The highest BCUT2D eigenvalue weighted by atomic mass is 16.5. The molecular formula is C14H18N2O2. The zero-order chi connectivity index (χ0) is 12.4. The minimum absolute atomic E-state index is 0.390. The summed E-state index contributed by atoms with van der Waals surface area (Å²) in [6, 6.07) is 3.83. The predicted molar refractivity (Wildman–Crippen MR) is 70.6 cm³/mol. The van der Waals surface area contributed by atoms with Gasteiger partial charge in [-0.25, -0.2) is 4.98 Å². The number of hydrogen-bond acceptors (Lipinski definition) is 4. The lowest BCUT2D eigenvalue weighted by molar-refractivity contribution is 0.0900. The number of aromatic nitrogens is 1. The fourth-order valence-corrected chi connectivity index (χ4v) is 2.64. The molecule has 2 aromatic heterocycles. The summed E-state index contributed by atoms with van der Waals surface area (Å²) in [5, 5.41) is 4.47. The van der Waals surface area contributed by atoms with Crippen LogP contribution in [0, 0.1) is 5.92 Å². The van der Waals surface area contributed by atoms with Gasteiger partial charge >= 0.3 is 0 Å². The van der Waals surface area contributed by atoms with Gasteiger partial charge in [-0.15, -0.1) is 0 Å². The molecule has 1 aliphatic rings. The highest BCUT2D eigenvalue weighted by Gasteiger charge is 2.26. The number of nitrogens with one attached hydrogen (secondary N) is 1. The highest BCUT2D eigenvalue weighted by Crippen LogP contribution is 2.26. The first kappa shape index (κ1) is 11.5. The second kappa shape index (κ2) is 4.98. The van der Waals surface area contributed by atoms with Crippen molar-refractivity contribution in [3.8, 4) is 0 Å². The number of furan rings is 1. The van der Waals surface area contributed by atoms with E-state index >= 15 is 0 Å². The summed E-state index contributed by atoms with van der Waals surface area (Å²) in [5.41, 5.74) is 0.877. The molecule has 1 aliphatic heterocycles. The molecule has 0 bridgehead atoms. The van der Waals surface area contributed by atoms with Gasteiger partial charge in [0.15, 0.2) is 0 Å². The number of hydrogen-bond donors (Lipinski definition) is 1. The Hall–Kier alpha value is -1.55. The van der Waals surface area contributed by atoms with Crippen molar-refractivity contribution < 1.29 is 9.15 Å². The van der Waals surface area contributed by atoms with Gasteiger partial charge in [0.2, 0.25) is 0 Å². The van der Waals surface area contributed by atoms with Crippen LogP contribution in [-0.4, -0.2) is 24.2 Å². The van der Waals surface area contributed by atoms with Crippen molar-refractivity contribution in [1.82, 2.24) is 4.98 Å². The molecule has 2 aromatic rings. The van der Waals surface area contributed by atoms with Crippen LogP contribution in [0.2, 0.25) is 0 Å². The summed E-state index contributed by atoms with van der Waals surface area (Å²) in [4.78, 5) is 4.38. The average Bonchev–Trinajstić information content (AvgIpc) is 3.04. The van der Waals surface area contributed by atoms with Crippen molar-refractivity contribution in [2.24, 2.45) is 5.92 Å². The summed E-state index contributed by atoms with van der Waals surface area (Å²) in [5.74, 6) is 1.49. The van der Waals surface area contributed by atoms with Crippen molar-refractivity contribution >= 4 is 16.8 Å². The van der Waals surface area contributed by atoms with Gasteiger partial charge in [0, 0.05) is 25.3 Å². The quantitative estimate of drug-likeness (QED) is 0.900. The van der Waals surface area contributed by atoms with Crippen molar-refractivity contribution in [1.29, 1.82) is 0 Å². The molecule has 1 N–H and O–H groups in total. The Morgan fingerprint density at radius 2 is 2.39 bits per heavy atom.